The lowest BCUT2D eigenvalue weighted by atomic mass is 10.0. The fourth-order valence-electron chi connectivity index (χ4n) is 3.38. The quantitative estimate of drug-likeness (QED) is 0.188. The number of nitrogens with one attached hydrogen (secondary N) is 1. The van der Waals surface area contributed by atoms with Crippen LogP contribution in [0.1, 0.15) is 64.1 Å². The zero-order valence-corrected chi connectivity index (χ0v) is 21.8. The molecule has 35 heavy (non-hydrogen) atoms. The van der Waals surface area contributed by atoms with E-state index in [4.69, 9.17) is 16.3 Å². The number of carbonyl (C=O) groups is 1. The topological polar surface area (TPSA) is 112 Å². The average Bonchev–Trinajstić information content (AvgIpc) is 3.24. The lowest BCUT2D eigenvalue weighted by Crippen LogP contribution is -2.17. The molecule has 0 saturated carbocycles. The maximum Gasteiger partial charge on any atom is 0.271 e. The minimum absolute atomic E-state index is 0.0236. The molecule has 0 saturated heterocycles. The first-order valence-electron chi connectivity index (χ1n) is 11.1. The van der Waals surface area contributed by atoms with E-state index in [-0.39, 0.29) is 40.2 Å². The number of rotatable bonds is 10. The van der Waals surface area contributed by atoms with Gasteiger partial charge in [-0.25, -0.2) is 0 Å². The molecule has 1 atom stereocenters. The lowest BCUT2D eigenvalue weighted by molar-refractivity contribution is -0.384. The van der Waals surface area contributed by atoms with Crippen molar-refractivity contribution in [1.29, 1.82) is 0 Å². The third-order valence-corrected chi connectivity index (χ3v) is 6.47. The number of hydrogen-bond acceptors (Lipinski definition) is 7. The van der Waals surface area contributed by atoms with Crippen LogP contribution in [0.3, 0.4) is 0 Å². The number of ether oxygens (including phenoxy) is 1. The van der Waals surface area contributed by atoms with Crippen molar-refractivity contribution >= 4 is 40.6 Å². The molecular formula is C24H28ClN5O4S. The highest BCUT2D eigenvalue weighted by Gasteiger charge is 2.22. The summed E-state index contributed by atoms with van der Waals surface area (Å²) < 4.78 is 8.04. The van der Waals surface area contributed by atoms with E-state index in [1.54, 1.807) is 0 Å². The van der Waals surface area contributed by atoms with Gasteiger partial charge in [-0.1, -0.05) is 49.3 Å². The summed E-state index contributed by atoms with van der Waals surface area (Å²) in [6.07, 6.45) is -0.360. The summed E-state index contributed by atoms with van der Waals surface area (Å²) in [6, 6.07) is 11.9. The van der Waals surface area contributed by atoms with Crippen LogP contribution in [0.4, 0.5) is 11.4 Å². The van der Waals surface area contributed by atoms with Crippen molar-refractivity contribution in [3.8, 4) is 5.75 Å². The van der Waals surface area contributed by atoms with Gasteiger partial charge in [-0.2, -0.15) is 0 Å². The van der Waals surface area contributed by atoms with Crippen LogP contribution in [0.5, 0.6) is 5.75 Å². The highest BCUT2D eigenvalue weighted by Crippen LogP contribution is 2.30. The number of benzene rings is 2. The van der Waals surface area contributed by atoms with Crippen molar-refractivity contribution in [1.82, 2.24) is 14.8 Å². The summed E-state index contributed by atoms with van der Waals surface area (Å²) in [5.41, 5.74) is 1.26. The molecule has 11 heteroatoms. The summed E-state index contributed by atoms with van der Waals surface area (Å²) in [5, 5.41) is 23.0. The summed E-state index contributed by atoms with van der Waals surface area (Å²) >= 11 is 7.29. The van der Waals surface area contributed by atoms with Gasteiger partial charge in [0.25, 0.3) is 5.69 Å². The molecule has 2 aromatic carbocycles. The minimum Gasteiger partial charge on any atom is -0.483 e. The van der Waals surface area contributed by atoms with Crippen molar-refractivity contribution < 1.29 is 14.5 Å². The molecule has 1 amide bonds. The summed E-state index contributed by atoms with van der Waals surface area (Å²) in [7, 11) is 0. The smallest absolute Gasteiger partial charge is 0.271 e. The lowest BCUT2D eigenvalue weighted by Gasteiger charge is -2.19. The predicted octanol–water partition coefficient (Wildman–Crippen LogP) is 6.41. The van der Waals surface area contributed by atoms with Crippen LogP contribution >= 0.6 is 23.4 Å². The number of nitro groups is 1. The van der Waals surface area contributed by atoms with Crippen LogP contribution in [-0.4, -0.2) is 31.3 Å². The monoisotopic (exact) mass is 517 g/mol. The van der Waals surface area contributed by atoms with Crippen LogP contribution in [-0.2, 0) is 4.79 Å². The fraction of sp³-hybridized carbons (Fsp3) is 0.375. The van der Waals surface area contributed by atoms with Gasteiger partial charge < -0.3 is 14.6 Å². The molecule has 186 valence electrons. The molecule has 1 aromatic heterocycles. The summed E-state index contributed by atoms with van der Waals surface area (Å²) in [5.74, 6) is 1.48. The highest BCUT2D eigenvalue weighted by atomic mass is 35.5. The highest BCUT2D eigenvalue weighted by molar-refractivity contribution is 7.99. The number of anilines is 1. The SMILES string of the molecule is CC(C)c1ccc(OC(C)c2nnc(SCC(=O)Nc3cc([N+](=O)[O-])ccc3Cl)n2C(C)C)cc1. The molecule has 1 heterocycles. The zero-order valence-electron chi connectivity index (χ0n) is 20.2. The second kappa shape index (κ2) is 11.5. The van der Waals surface area contributed by atoms with Gasteiger partial charge in [0.1, 0.15) is 5.75 Å². The van der Waals surface area contributed by atoms with E-state index >= 15 is 0 Å². The number of carbonyl (C=O) groups excluding carboxylic acids is 1. The third-order valence-electron chi connectivity index (χ3n) is 5.20. The standard InChI is InChI=1S/C24H28ClN5O4S/c1-14(2)17-6-9-19(10-7-17)34-16(5)23-27-28-24(29(23)15(3)4)35-13-22(31)26-21-12-18(30(32)33)8-11-20(21)25/h6-12,14-16H,13H2,1-5H3,(H,26,31). The second-order valence-electron chi connectivity index (χ2n) is 8.55. The number of nitrogens with zero attached hydrogens (tertiary/aromatic N) is 4. The Labute approximate surface area is 213 Å². The van der Waals surface area contributed by atoms with E-state index in [9.17, 15) is 14.9 Å². The number of nitro benzene ring substituents is 1. The third kappa shape index (κ3) is 6.73. The van der Waals surface area contributed by atoms with Gasteiger partial charge in [0.05, 0.1) is 21.4 Å². The van der Waals surface area contributed by atoms with Gasteiger partial charge >= 0.3 is 0 Å². The molecule has 0 aliphatic carbocycles. The number of non-ortho nitro benzene ring substituents is 1. The van der Waals surface area contributed by atoms with Crippen molar-refractivity contribution in [3.05, 3.63) is 69.0 Å². The number of thioether (sulfide) groups is 1. The molecular weight excluding hydrogens is 490 g/mol. The molecule has 1 unspecified atom stereocenters. The van der Waals surface area contributed by atoms with Gasteiger partial charge in [0.2, 0.25) is 5.91 Å². The Morgan fingerprint density at radius 1 is 1.14 bits per heavy atom. The van der Waals surface area contributed by atoms with E-state index in [1.807, 2.05) is 49.6 Å². The molecule has 0 radical (unpaired) electrons. The van der Waals surface area contributed by atoms with Crippen LogP contribution in [0.25, 0.3) is 0 Å². The fourth-order valence-corrected chi connectivity index (χ4v) is 4.42. The van der Waals surface area contributed by atoms with Gasteiger partial charge in [-0.05, 0) is 50.5 Å². The van der Waals surface area contributed by atoms with Crippen LogP contribution < -0.4 is 10.1 Å². The number of aromatic nitrogens is 3. The number of halogens is 1. The largest absolute Gasteiger partial charge is 0.483 e. The number of amides is 1. The zero-order chi connectivity index (χ0) is 25.7. The Morgan fingerprint density at radius 2 is 1.83 bits per heavy atom. The van der Waals surface area contributed by atoms with E-state index < -0.39 is 4.92 Å². The predicted molar refractivity (Wildman–Crippen MR) is 137 cm³/mol. The van der Waals surface area contributed by atoms with Gasteiger partial charge in [-0.3, -0.25) is 14.9 Å². The molecule has 3 aromatic rings. The van der Waals surface area contributed by atoms with E-state index in [0.29, 0.717) is 16.9 Å². The Bertz CT molecular complexity index is 1200. The van der Waals surface area contributed by atoms with E-state index in [0.717, 1.165) is 5.75 Å². The summed E-state index contributed by atoms with van der Waals surface area (Å²) in [4.78, 5) is 23.0. The Morgan fingerprint density at radius 3 is 2.43 bits per heavy atom. The minimum atomic E-state index is -0.546. The number of hydrogen-bond donors (Lipinski definition) is 1. The molecule has 3 rings (SSSR count). The molecule has 0 fully saturated rings. The maximum atomic E-state index is 12.5. The van der Waals surface area contributed by atoms with Gasteiger partial charge in [0, 0.05) is 18.2 Å². The first-order chi connectivity index (χ1) is 16.6. The van der Waals surface area contributed by atoms with Crippen LogP contribution in [0.15, 0.2) is 47.6 Å². The Kier molecular flexibility index (Phi) is 8.74. The first-order valence-corrected chi connectivity index (χ1v) is 12.5. The van der Waals surface area contributed by atoms with E-state index in [2.05, 4.69) is 29.4 Å². The van der Waals surface area contributed by atoms with Crippen molar-refractivity contribution in [2.75, 3.05) is 11.1 Å². The normalized spacial score (nSPS) is 12.1. The molecule has 0 bridgehead atoms. The second-order valence-corrected chi connectivity index (χ2v) is 9.90. The Hall–Kier alpha value is -3.11. The van der Waals surface area contributed by atoms with Gasteiger partial charge in [-0.15, -0.1) is 10.2 Å². The molecule has 0 spiro atoms. The van der Waals surface area contributed by atoms with Crippen LogP contribution in [0, 0.1) is 10.1 Å². The van der Waals surface area contributed by atoms with E-state index in [1.165, 1.54) is 35.5 Å². The Balaban J connectivity index is 1.69. The maximum absolute atomic E-state index is 12.5. The first kappa shape index (κ1) is 26.5. The molecule has 9 nitrogen and oxygen atoms in total. The molecule has 1 N–H and O–H groups in total. The molecule has 0 aliphatic rings. The van der Waals surface area contributed by atoms with Gasteiger partial charge in [0.15, 0.2) is 17.1 Å². The van der Waals surface area contributed by atoms with Crippen molar-refractivity contribution in [3.63, 3.8) is 0 Å². The summed E-state index contributed by atoms with van der Waals surface area (Å²) in [6.45, 7) is 10.2. The van der Waals surface area contributed by atoms with Crippen LogP contribution in [0.2, 0.25) is 5.02 Å². The average molecular weight is 518 g/mol. The van der Waals surface area contributed by atoms with Crippen molar-refractivity contribution in [2.24, 2.45) is 0 Å². The van der Waals surface area contributed by atoms with Crippen molar-refractivity contribution in [2.45, 2.75) is 57.8 Å². The molecule has 0 aliphatic heterocycles.